The van der Waals surface area contributed by atoms with Crippen molar-refractivity contribution >= 4 is 26.8 Å². The van der Waals surface area contributed by atoms with E-state index in [1.165, 1.54) is 24.3 Å². The average Bonchev–Trinajstić information content (AvgIpc) is 2.27. The van der Waals surface area contributed by atoms with E-state index in [9.17, 15) is 13.9 Å². The van der Waals surface area contributed by atoms with Gasteiger partial charge in [-0.15, -0.1) is 0 Å². The minimum Gasteiger partial charge on any atom is -0.508 e. The van der Waals surface area contributed by atoms with Gasteiger partial charge in [0.15, 0.2) is 0 Å². The van der Waals surface area contributed by atoms with Crippen LogP contribution >= 0.6 is 15.2 Å². The van der Waals surface area contributed by atoms with Gasteiger partial charge < -0.3 is 30.0 Å². The van der Waals surface area contributed by atoms with Crippen LogP contribution in [0, 0.1) is 0 Å². The highest BCUT2D eigenvalue weighted by Gasteiger charge is 2.27. The molecule has 1 rings (SSSR count). The van der Waals surface area contributed by atoms with E-state index in [1.54, 1.807) is 0 Å². The Morgan fingerprint density at radius 3 is 1.86 bits per heavy atom. The normalized spacial score (nSPS) is 12.4. The smallest absolute Gasteiger partial charge is 0.339 e. The van der Waals surface area contributed by atoms with Crippen molar-refractivity contribution in [3.8, 4) is 5.75 Å². The molecule has 10 nitrogen and oxygen atoms in total. The van der Waals surface area contributed by atoms with E-state index < -0.39 is 40.2 Å². The Bertz CT molecular complexity index is 584. The number of hydrogen-bond acceptors (Lipinski definition) is 5. The molecule has 0 aliphatic rings. The largest absolute Gasteiger partial charge is 0.508 e. The van der Waals surface area contributed by atoms with Crippen LogP contribution in [0.3, 0.4) is 0 Å². The summed E-state index contributed by atoms with van der Waals surface area (Å²) in [7, 11) is -9.17. The molecule has 22 heavy (non-hydrogen) atoms. The summed E-state index contributed by atoms with van der Waals surface area (Å²) in [5, 5.41) is 11.5. The van der Waals surface area contributed by atoms with Crippen LogP contribution in [0.25, 0.3) is 0 Å². The summed E-state index contributed by atoms with van der Waals surface area (Å²) in [5.74, 6) is -0.727. The SMILES string of the molecule is O=C(CN(CP(=O)(O)O)CP(=O)(O)O)Nc1ccc(O)cc1. The van der Waals surface area contributed by atoms with Gasteiger partial charge in [0, 0.05) is 5.69 Å². The van der Waals surface area contributed by atoms with Gasteiger partial charge in [0.25, 0.3) is 0 Å². The van der Waals surface area contributed by atoms with Gasteiger partial charge >= 0.3 is 15.2 Å². The van der Waals surface area contributed by atoms with Gasteiger partial charge in [0.05, 0.1) is 6.54 Å². The number of hydrogen-bond donors (Lipinski definition) is 6. The molecular weight excluding hydrogens is 338 g/mol. The van der Waals surface area contributed by atoms with E-state index in [-0.39, 0.29) is 5.75 Å². The minimum absolute atomic E-state index is 0.0115. The lowest BCUT2D eigenvalue weighted by Crippen LogP contribution is -2.34. The molecular formula is C10H16N2O8P2. The molecule has 12 heteroatoms. The number of carbonyl (C=O) groups is 1. The molecule has 0 heterocycles. The quantitative estimate of drug-likeness (QED) is 0.289. The first-order chi connectivity index (χ1) is 9.94. The van der Waals surface area contributed by atoms with Crippen LogP contribution in [0.15, 0.2) is 24.3 Å². The van der Waals surface area contributed by atoms with Gasteiger partial charge in [-0.1, -0.05) is 0 Å². The number of phenolic OH excluding ortho intramolecular Hbond substituents is 1. The second-order valence-corrected chi connectivity index (χ2v) is 7.76. The van der Waals surface area contributed by atoms with E-state index in [0.29, 0.717) is 10.6 Å². The van der Waals surface area contributed by atoms with Crippen LogP contribution in [-0.4, -0.2) is 54.6 Å². The topological polar surface area (TPSA) is 168 Å². The van der Waals surface area contributed by atoms with Gasteiger partial charge in [0.2, 0.25) is 5.91 Å². The fraction of sp³-hybridized carbons (Fsp3) is 0.300. The molecule has 1 amide bonds. The highest BCUT2D eigenvalue weighted by molar-refractivity contribution is 7.52. The van der Waals surface area contributed by atoms with Crippen molar-refractivity contribution in [2.75, 3.05) is 24.4 Å². The van der Waals surface area contributed by atoms with Crippen molar-refractivity contribution in [3.05, 3.63) is 24.3 Å². The summed E-state index contributed by atoms with van der Waals surface area (Å²) in [6.07, 6.45) is -1.91. The summed E-state index contributed by atoms with van der Waals surface area (Å²) < 4.78 is 21.9. The molecule has 0 atom stereocenters. The predicted molar refractivity (Wildman–Crippen MR) is 77.3 cm³/mol. The van der Waals surface area contributed by atoms with Crippen molar-refractivity contribution in [2.24, 2.45) is 0 Å². The number of rotatable bonds is 7. The van der Waals surface area contributed by atoms with E-state index in [2.05, 4.69) is 5.32 Å². The zero-order chi connectivity index (χ0) is 17.0. The molecule has 1 aromatic rings. The molecule has 0 unspecified atom stereocenters. The van der Waals surface area contributed by atoms with Crippen LogP contribution in [0.1, 0.15) is 0 Å². The maximum atomic E-state index is 11.8. The van der Waals surface area contributed by atoms with Crippen LogP contribution in [0.5, 0.6) is 5.75 Å². The molecule has 6 N–H and O–H groups in total. The second-order valence-electron chi connectivity index (χ2n) is 4.54. The Labute approximate surface area is 125 Å². The minimum atomic E-state index is -4.58. The average molecular weight is 354 g/mol. The van der Waals surface area contributed by atoms with Gasteiger partial charge in [-0.05, 0) is 24.3 Å². The number of amides is 1. The van der Waals surface area contributed by atoms with E-state index >= 15 is 0 Å². The van der Waals surface area contributed by atoms with E-state index in [0.717, 1.165) is 0 Å². The summed E-state index contributed by atoms with van der Waals surface area (Å²) in [4.78, 5) is 47.9. The van der Waals surface area contributed by atoms with Crippen LogP contribution in [0.4, 0.5) is 5.69 Å². The van der Waals surface area contributed by atoms with Crippen molar-refractivity contribution in [3.63, 3.8) is 0 Å². The maximum absolute atomic E-state index is 11.8. The van der Waals surface area contributed by atoms with Crippen molar-refractivity contribution in [2.45, 2.75) is 0 Å². The zero-order valence-corrected chi connectivity index (χ0v) is 13.0. The lowest BCUT2D eigenvalue weighted by molar-refractivity contribution is -0.117. The molecule has 1 aromatic carbocycles. The van der Waals surface area contributed by atoms with Gasteiger partial charge in [-0.3, -0.25) is 18.8 Å². The Hall–Kier alpha value is -1.25. The Balaban J connectivity index is 2.71. The predicted octanol–water partition coefficient (Wildman–Crippen LogP) is -0.0969. The van der Waals surface area contributed by atoms with Crippen LogP contribution < -0.4 is 5.32 Å². The van der Waals surface area contributed by atoms with E-state index in [4.69, 9.17) is 24.7 Å². The molecule has 0 spiro atoms. The third-order valence-electron chi connectivity index (χ3n) is 2.29. The van der Waals surface area contributed by atoms with Crippen molar-refractivity contribution in [1.29, 1.82) is 0 Å². The monoisotopic (exact) mass is 354 g/mol. The molecule has 0 fully saturated rings. The van der Waals surface area contributed by atoms with Crippen molar-refractivity contribution < 1.29 is 38.6 Å². The maximum Gasteiger partial charge on any atom is 0.339 e. The molecule has 0 bridgehead atoms. The fourth-order valence-electron chi connectivity index (χ4n) is 1.61. The molecule has 0 saturated heterocycles. The summed E-state index contributed by atoms with van der Waals surface area (Å²) in [6.45, 7) is -0.614. The molecule has 0 radical (unpaired) electrons. The summed E-state index contributed by atoms with van der Waals surface area (Å²) >= 11 is 0. The molecule has 0 aromatic heterocycles. The fourth-order valence-corrected chi connectivity index (χ4v) is 3.21. The Morgan fingerprint density at radius 1 is 1.00 bits per heavy atom. The summed E-state index contributed by atoms with van der Waals surface area (Å²) in [5.41, 5.74) is 0.315. The number of aromatic hydroxyl groups is 1. The number of nitrogens with zero attached hydrogens (tertiary/aromatic N) is 1. The molecule has 124 valence electrons. The number of phenols is 1. The molecule has 0 saturated carbocycles. The lowest BCUT2D eigenvalue weighted by Gasteiger charge is -2.22. The molecule has 0 aliphatic heterocycles. The third kappa shape index (κ3) is 8.26. The lowest BCUT2D eigenvalue weighted by atomic mass is 10.3. The van der Waals surface area contributed by atoms with Crippen LogP contribution in [-0.2, 0) is 13.9 Å². The second kappa shape index (κ2) is 7.34. The number of anilines is 1. The van der Waals surface area contributed by atoms with Gasteiger partial charge in [-0.25, -0.2) is 0 Å². The van der Waals surface area contributed by atoms with Crippen molar-refractivity contribution in [1.82, 2.24) is 4.90 Å². The first-order valence-electron chi connectivity index (χ1n) is 5.85. The first kappa shape index (κ1) is 18.8. The van der Waals surface area contributed by atoms with Crippen LogP contribution in [0.2, 0.25) is 0 Å². The standard InChI is InChI=1S/C10H16N2O8P2/c13-9-3-1-8(2-4-9)11-10(14)5-12(6-21(15,16)17)7-22(18,19)20/h1-4,13H,5-7H2,(H,11,14)(H2,15,16,17)(H2,18,19,20). The van der Waals surface area contributed by atoms with Gasteiger partial charge in [0.1, 0.15) is 18.3 Å². The Morgan fingerprint density at radius 2 is 1.45 bits per heavy atom. The highest BCUT2D eigenvalue weighted by Crippen LogP contribution is 2.40. The van der Waals surface area contributed by atoms with Gasteiger partial charge in [-0.2, -0.15) is 0 Å². The first-order valence-corrected chi connectivity index (χ1v) is 9.44. The Kier molecular flexibility index (Phi) is 6.27. The number of carbonyl (C=O) groups excluding carboxylic acids is 1. The third-order valence-corrected chi connectivity index (χ3v) is 3.82. The molecule has 0 aliphatic carbocycles. The number of nitrogens with one attached hydrogen (secondary N) is 1. The van der Waals surface area contributed by atoms with E-state index in [1.807, 2.05) is 0 Å². The zero-order valence-electron chi connectivity index (χ0n) is 11.2. The number of benzene rings is 1. The highest BCUT2D eigenvalue weighted by atomic mass is 31.2. The summed E-state index contributed by atoms with van der Waals surface area (Å²) in [6, 6.07) is 5.42.